The highest BCUT2D eigenvalue weighted by atomic mass is 35.5. The van der Waals surface area contributed by atoms with Crippen molar-refractivity contribution < 1.29 is 14.7 Å². The van der Waals surface area contributed by atoms with Gasteiger partial charge in [-0.2, -0.15) is 0 Å². The fourth-order valence-corrected chi connectivity index (χ4v) is 2.37. The van der Waals surface area contributed by atoms with Crippen LogP contribution in [0.15, 0.2) is 24.3 Å². The molecule has 0 bridgehead atoms. The number of rotatable bonds is 5. The van der Waals surface area contributed by atoms with E-state index in [9.17, 15) is 14.7 Å². The average Bonchev–Trinajstić information content (AvgIpc) is 3.12. The van der Waals surface area contributed by atoms with Gasteiger partial charge in [-0.1, -0.05) is 23.7 Å². The second kappa shape index (κ2) is 5.21. The summed E-state index contributed by atoms with van der Waals surface area (Å²) in [5.41, 5.74) is -0.385. The maximum atomic E-state index is 12.0. The number of carbonyl (C=O) groups excluding carboxylic acids is 1. The summed E-state index contributed by atoms with van der Waals surface area (Å²) in [6, 6.07) is 6.99. The molecule has 1 aliphatic rings. The van der Waals surface area contributed by atoms with Gasteiger partial charge in [0.25, 0.3) is 0 Å². The van der Waals surface area contributed by atoms with Crippen LogP contribution >= 0.6 is 11.6 Å². The van der Waals surface area contributed by atoms with Crippen molar-refractivity contribution >= 4 is 23.5 Å². The van der Waals surface area contributed by atoms with Crippen LogP contribution in [0.4, 0.5) is 0 Å². The minimum atomic E-state index is -1.16. The normalized spacial score (nSPS) is 17.6. The van der Waals surface area contributed by atoms with Crippen LogP contribution in [-0.2, 0) is 16.0 Å². The minimum absolute atomic E-state index is 0.0355. The zero-order valence-corrected chi connectivity index (χ0v) is 11.4. The van der Waals surface area contributed by atoms with Gasteiger partial charge in [-0.25, -0.2) is 4.79 Å². The average molecular weight is 282 g/mol. The second-order valence-electron chi connectivity index (χ2n) is 5.14. The highest BCUT2D eigenvalue weighted by Crippen LogP contribution is 2.39. The number of aliphatic carboxylic acids is 1. The molecule has 0 radical (unpaired) electrons. The lowest BCUT2D eigenvalue weighted by Crippen LogP contribution is -2.54. The van der Waals surface area contributed by atoms with Crippen LogP contribution in [0.5, 0.6) is 0 Å². The first kappa shape index (κ1) is 13.9. The predicted octanol–water partition coefficient (Wildman–Crippen LogP) is 2.25. The molecule has 0 saturated heterocycles. The third-order valence-corrected chi connectivity index (χ3v) is 3.73. The van der Waals surface area contributed by atoms with E-state index in [-0.39, 0.29) is 18.2 Å². The number of carboxylic acid groups (broad SMARTS) is 1. The van der Waals surface area contributed by atoms with Crippen molar-refractivity contribution in [3.63, 3.8) is 0 Å². The highest BCUT2D eigenvalue weighted by molar-refractivity contribution is 6.30. The molecule has 0 aliphatic heterocycles. The van der Waals surface area contributed by atoms with Gasteiger partial charge in [-0.15, -0.1) is 0 Å². The van der Waals surface area contributed by atoms with Gasteiger partial charge >= 0.3 is 5.97 Å². The van der Waals surface area contributed by atoms with Crippen molar-refractivity contribution in [1.29, 1.82) is 0 Å². The molecule has 1 unspecified atom stereocenters. The van der Waals surface area contributed by atoms with Gasteiger partial charge in [0.1, 0.15) is 5.54 Å². The first-order valence-corrected chi connectivity index (χ1v) is 6.58. The van der Waals surface area contributed by atoms with Gasteiger partial charge in [0, 0.05) is 5.02 Å². The van der Waals surface area contributed by atoms with Crippen LogP contribution in [0, 0.1) is 5.92 Å². The number of nitrogens with one attached hydrogen (secondary N) is 1. The summed E-state index contributed by atoms with van der Waals surface area (Å²) in [7, 11) is 0. The Morgan fingerprint density at radius 3 is 2.68 bits per heavy atom. The summed E-state index contributed by atoms with van der Waals surface area (Å²) in [6.45, 7) is 1.57. The van der Waals surface area contributed by atoms with Crippen LogP contribution < -0.4 is 5.32 Å². The van der Waals surface area contributed by atoms with E-state index in [2.05, 4.69) is 5.32 Å². The van der Waals surface area contributed by atoms with Gasteiger partial charge in [0.15, 0.2) is 0 Å². The first-order chi connectivity index (χ1) is 8.91. The molecule has 0 heterocycles. The molecule has 1 atom stereocenters. The number of hydrogen-bond acceptors (Lipinski definition) is 2. The van der Waals surface area contributed by atoms with E-state index in [0.29, 0.717) is 5.02 Å². The Balaban J connectivity index is 2.02. The van der Waals surface area contributed by atoms with E-state index in [1.807, 2.05) is 0 Å². The Kier molecular flexibility index (Phi) is 3.80. The summed E-state index contributed by atoms with van der Waals surface area (Å²) in [6.07, 6.45) is 1.83. The molecule has 19 heavy (non-hydrogen) atoms. The smallest absolute Gasteiger partial charge is 0.329 e. The van der Waals surface area contributed by atoms with Crippen LogP contribution in [-0.4, -0.2) is 22.5 Å². The summed E-state index contributed by atoms with van der Waals surface area (Å²) in [4.78, 5) is 23.3. The van der Waals surface area contributed by atoms with Crippen molar-refractivity contribution in [3.05, 3.63) is 34.9 Å². The van der Waals surface area contributed by atoms with Gasteiger partial charge in [-0.3, -0.25) is 4.79 Å². The number of carbonyl (C=O) groups is 2. The molecular formula is C14H16ClNO3. The molecule has 1 aliphatic carbocycles. The third kappa shape index (κ3) is 3.26. The van der Waals surface area contributed by atoms with Crippen LogP contribution in [0.25, 0.3) is 0 Å². The minimum Gasteiger partial charge on any atom is -0.480 e. The highest BCUT2D eigenvalue weighted by Gasteiger charge is 2.48. The Hall–Kier alpha value is -1.55. The molecule has 1 fully saturated rings. The largest absolute Gasteiger partial charge is 0.480 e. The number of carboxylic acids is 1. The topological polar surface area (TPSA) is 66.4 Å². The fourth-order valence-electron chi connectivity index (χ4n) is 2.16. The predicted molar refractivity (Wildman–Crippen MR) is 72.1 cm³/mol. The molecule has 0 spiro atoms. The van der Waals surface area contributed by atoms with Crippen molar-refractivity contribution in [2.75, 3.05) is 0 Å². The molecule has 1 aromatic carbocycles. The maximum Gasteiger partial charge on any atom is 0.329 e. The lowest BCUT2D eigenvalue weighted by molar-refractivity contribution is -0.147. The number of hydrogen-bond donors (Lipinski definition) is 2. The Morgan fingerprint density at radius 1 is 1.47 bits per heavy atom. The van der Waals surface area contributed by atoms with Gasteiger partial charge in [0.2, 0.25) is 5.91 Å². The second-order valence-corrected chi connectivity index (χ2v) is 5.57. The molecule has 5 heteroatoms. The standard InChI is InChI=1S/C14H16ClNO3/c1-14(13(18)19,10-5-6-10)16-12(17)8-9-3-2-4-11(15)7-9/h2-4,7,10H,5-6,8H2,1H3,(H,16,17)(H,18,19). The third-order valence-electron chi connectivity index (χ3n) is 3.49. The van der Waals surface area contributed by atoms with Crippen LogP contribution in [0.2, 0.25) is 5.02 Å². The van der Waals surface area contributed by atoms with E-state index in [1.165, 1.54) is 0 Å². The number of amides is 1. The summed E-state index contributed by atoms with van der Waals surface area (Å²) >= 11 is 5.85. The number of benzene rings is 1. The van der Waals surface area contributed by atoms with Gasteiger partial charge < -0.3 is 10.4 Å². The molecular weight excluding hydrogens is 266 g/mol. The Labute approximate surface area is 116 Å². The van der Waals surface area contributed by atoms with Crippen LogP contribution in [0.3, 0.4) is 0 Å². The zero-order chi connectivity index (χ0) is 14.0. The summed E-state index contributed by atoms with van der Waals surface area (Å²) in [5.74, 6) is -1.23. The van der Waals surface area contributed by atoms with E-state index in [0.717, 1.165) is 18.4 Å². The molecule has 1 amide bonds. The molecule has 2 rings (SSSR count). The zero-order valence-electron chi connectivity index (χ0n) is 10.6. The molecule has 2 N–H and O–H groups in total. The van der Waals surface area contributed by atoms with E-state index >= 15 is 0 Å². The molecule has 1 saturated carbocycles. The Morgan fingerprint density at radius 2 is 2.16 bits per heavy atom. The fraction of sp³-hybridized carbons (Fsp3) is 0.429. The van der Waals surface area contributed by atoms with Crippen molar-refractivity contribution in [1.82, 2.24) is 5.32 Å². The molecule has 4 nitrogen and oxygen atoms in total. The van der Waals surface area contributed by atoms with E-state index < -0.39 is 11.5 Å². The van der Waals surface area contributed by atoms with Crippen molar-refractivity contribution in [3.8, 4) is 0 Å². The van der Waals surface area contributed by atoms with E-state index in [4.69, 9.17) is 11.6 Å². The summed E-state index contributed by atoms with van der Waals surface area (Å²) in [5, 5.41) is 12.5. The quantitative estimate of drug-likeness (QED) is 0.870. The molecule has 1 aromatic rings. The van der Waals surface area contributed by atoms with Crippen molar-refractivity contribution in [2.24, 2.45) is 5.92 Å². The first-order valence-electron chi connectivity index (χ1n) is 6.20. The lowest BCUT2D eigenvalue weighted by atomic mass is 9.95. The molecule has 0 aromatic heterocycles. The molecule has 102 valence electrons. The van der Waals surface area contributed by atoms with Gasteiger partial charge in [0.05, 0.1) is 6.42 Å². The van der Waals surface area contributed by atoms with Gasteiger partial charge in [-0.05, 0) is 43.4 Å². The lowest BCUT2D eigenvalue weighted by Gasteiger charge is -2.26. The maximum absolute atomic E-state index is 12.0. The SMILES string of the molecule is CC(NC(=O)Cc1cccc(Cl)c1)(C(=O)O)C1CC1. The number of halogens is 1. The van der Waals surface area contributed by atoms with E-state index in [1.54, 1.807) is 31.2 Å². The monoisotopic (exact) mass is 281 g/mol. The van der Waals surface area contributed by atoms with Crippen molar-refractivity contribution in [2.45, 2.75) is 31.7 Å². The Bertz CT molecular complexity index is 513. The van der Waals surface area contributed by atoms with Crippen LogP contribution in [0.1, 0.15) is 25.3 Å². The summed E-state index contributed by atoms with van der Waals surface area (Å²) < 4.78 is 0.